The Labute approximate surface area is 109 Å². The van der Waals surface area contributed by atoms with Crippen LogP contribution < -0.4 is 0 Å². The Kier molecular flexibility index (Phi) is 4.75. The van der Waals surface area contributed by atoms with E-state index < -0.39 is 5.60 Å². The SMILES string of the molecule is CCCN1CCCOC(CO)(c2ccccc2)C1. The largest absolute Gasteiger partial charge is 0.393 e. The first kappa shape index (κ1) is 13.5. The van der Waals surface area contributed by atoms with Crippen molar-refractivity contribution in [2.45, 2.75) is 25.4 Å². The number of rotatable bonds is 4. The summed E-state index contributed by atoms with van der Waals surface area (Å²) in [5.74, 6) is 0. The van der Waals surface area contributed by atoms with Crippen molar-refractivity contribution in [3.8, 4) is 0 Å². The molecule has 1 fully saturated rings. The molecule has 0 saturated carbocycles. The number of ether oxygens (including phenoxy) is 1. The molecule has 1 aliphatic rings. The quantitative estimate of drug-likeness (QED) is 0.886. The molecule has 0 aromatic heterocycles. The average Bonchev–Trinajstić information content (AvgIpc) is 2.63. The molecule has 1 aliphatic heterocycles. The van der Waals surface area contributed by atoms with E-state index in [0.717, 1.165) is 44.6 Å². The highest BCUT2D eigenvalue weighted by Crippen LogP contribution is 2.29. The first-order chi connectivity index (χ1) is 8.80. The van der Waals surface area contributed by atoms with Crippen molar-refractivity contribution in [1.29, 1.82) is 0 Å². The minimum atomic E-state index is -0.549. The van der Waals surface area contributed by atoms with Crippen molar-refractivity contribution >= 4 is 0 Å². The van der Waals surface area contributed by atoms with Gasteiger partial charge in [0.1, 0.15) is 5.60 Å². The minimum absolute atomic E-state index is 0.0389. The fraction of sp³-hybridized carbons (Fsp3) is 0.600. The highest BCUT2D eigenvalue weighted by atomic mass is 16.5. The van der Waals surface area contributed by atoms with Crippen LogP contribution >= 0.6 is 0 Å². The highest BCUT2D eigenvalue weighted by Gasteiger charge is 2.36. The van der Waals surface area contributed by atoms with Crippen molar-refractivity contribution in [3.63, 3.8) is 0 Å². The summed E-state index contributed by atoms with van der Waals surface area (Å²) in [4.78, 5) is 2.40. The molecule has 0 aliphatic carbocycles. The van der Waals surface area contributed by atoms with Gasteiger partial charge in [-0.2, -0.15) is 0 Å². The van der Waals surface area contributed by atoms with Crippen molar-refractivity contribution in [2.24, 2.45) is 0 Å². The molecule has 0 amide bonds. The standard InChI is InChI=1S/C15H23NO2/c1-2-9-16-10-6-11-18-15(12-16,13-17)14-7-4-3-5-8-14/h3-5,7-8,17H,2,6,9-13H2,1H3. The summed E-state index contributed by atoms with van der Waals surface area (Å²) in [7, 11) is 0. The van der Waals surface area contributed by atoms with Crippen molar-refractivity contribution in [2.75, 3.05) is 32.8 Å². The maximum atomic E-state index is 9.85. The lowest BCUT2D eigenvalue weighted by atomic mass is 9.93. The summed E-state index contributed by atoms with van der Waals surface area (Å²) in [6.07, 6.45) is 2.17. The summed E-state index contributed by atoms with van der Waals surface area (Å²) < 4.78 is 6.01. The maximum absolute atomic E-state index is 9.85. The smallest absolute Gasteiger partial charge is 0.129 e. The van der Waals surface area contributed by atoms with Gasteiger partial charge in [0.15, 0.2) is 0 Å². The van der Waals surface area contributed by atoms with Crippen molar-refractivity contribution in [3.05, 3.63) is 35.9 Å². The van der Waals surface area contributed by atoms with Crippen LogP contribution in [0.4, 0.5) is 0 Å². The second-order valence-electron chi connectivity index (χ2n) is 5.00. The van der Waals surface area contributed by atoms with Gasteiger partial charge in [0.05, 0.1) is 6.61 Å². The van der Waals surface area contributed by atoms with E-state index in [1.165, 1.54) is 0 Å². The fourth-order valence-corrected chi connectivity index (χ4v) is 2.65. The van der Waals surface area contributed by atoms with Crippen LogP contribution in [0.25, 0.3) is 0 Å². The van der Waals surface area contributed by atoms with Crippen LogP contribution in [-0.2, 0) is 10.3 Å². The Morgan fingerprint density at radius 2 is 2.11 bits per heavy atom. The van der Waals surface area contributed by atoms with Gasteiger partial charge >= 0.3 is 0 Å². The van der Waals surface area contributed by atoms with E-state index in [4.69, 9.17) is 4.74 Å². The molecule has 2 rings (SSSR count). The van der Waals surface area contributed by atoms with Gasteiger partial charge < -0.3 is 9.84 Å². The lowest BCUT2D eigenvalue weighted by molar-refractivity contribution is -0.0859. The van der Waals surface area contributed by atoms with Crippen LogP contribution in [0.2, 0.25) is 0 Å². The van der Waals surface area contributed by atoms with E-state index in [-0.39, 0.29) is 6.61 Å². The van der Waals surface area contributed by atoms with Crippen molar-refractivity contribution in [1.82, 2.24) is 4.90 Å². The highest BCUT2D eigenvalue weighted by molar-refractivity contribution is 5.23. The molecule has 1 N–H and O–H groups in total. The molecule has 3 heteroatoms. The van der Waals surface area contributed by atoms with E-state index >= 15 is 0 Å². The van der Waals surface area contributed by atoms with E-state index in [0.29, 0.717) is 0 Å². The lowest BCUT2D eigenvalue weighted by Crippen LogP contribution is -2.44. The molecule has 0 bridgehead atoms. The topological polar surface area (TPSA) is 32.7 Å². The molecule has 1 aromatic carbocycles. The third kappa shape index (κ3) is 2.91. The Bertz CT molecular complexity index is 355. The Hall–Kier alpha value is -0.900. The average molecular weight is 249 g/mol. The van der Waals surface area contributed by atoms with Crippen LogP contribution in [0.15, 0.2) is 30.3 Å². The van der Waals surface area contributed by atoms with Crippen LogP contribution in [0.5, 0.6) is 0 Å². The fourth-order valence-electron chi connectivity index (χ4n) is 2.65. The second kappa shape index (κ2) is 6.32. The summed E-state index contributed by atoms with van der Waals surface area (Å²) in [5, 5.41) is 9.85. The molecule has 1 atom stereocenters. The molecule has 1 saturated heterocycles. The molecule has 0 spiro atoms. The summed E-state index contributed by atoms with van der Waals surface area (Å²) in [5.41, 5.74) is 0.530. The zero-order valence-corrected chi connectivity index (χ0v) is 11.1. The second-order valence-corrected chi connectivity index (χ2v) is 5.00. The number of hydrogen-bond donors (Lipinski definition) is 1. The Morgan fingerprint density at radius 1 is 1.33 bits per heavy atom. The van der Waals surface area contributed by atoms with Gasteiger partial charge in [0.25, 0.3) is 0 Å². The molecule has 1 aromatic rings. The van der Waals surface area contributed by atoms with Crippen molar-refractivity contribution < 1.29 is 9.84 Å². The van der Waals surface area contributed by atoms with Gasteiger partial charge in [-0.25, -0.2) is 0 Å². The van der Waals surface area contributed by atoms with Gasteiger partial charge in [-0.15, -0.1) is 0 Å². The summed E-state index contributed by atoms with van der Waals surface area (Å²) >= 11 is 0. The lowest BCUT2D eigenvalue weighted by Gasteiger charge is -2.34. The van der Waals surface area contributed by atoms with Crippen LogP contribution in [0.1, 0.15) is 25.3 Å². The molecule has 18 heavy (non-hydrogen) atoms. The zero-order valence-electron chi connectivity index (χ0n) is 11.1. The zero-order chi connectivity index (χ0) is 12.8. The third-order valence-corrected chi connectivity index (χ3v) is 3.57. The Balaban J connectivity index is 2.23. The number of hydrogen-bond acceptors (Lipinski definition) is 3. The predicted octanol–water partition coefficient (Wildman–Crippen LogP) is 2.01. The first-order valence-corrected chi connectivity index (χ1v) is 6.83. The molecule has 100 valence electrons. The van der Waals surface area contributed by atoms with Gasteiger partial charge in [-0.3, -0.25) is 4.90 Å². The molecular formula is C15H23NO2. The monoisotopic (exact) mass is 249 g/mol. The molecule has 1 unspecified atom stereocenters. The molecule has 3 nitrogen and oxygen atoms in total. The van der Waals surface area contributed by atoms with E-state index in [2.05, 4.69) is 11.8 Å². The van der Waals surface area contributed by atoms with Crippen LogP contribution in [-0.4, -0.2) is 42.9 Å². The summed E-state index contributed by atoms with van der Waals surface area (Å²) in [6, 6.07) is 10.1. The van der Waals surface area contributed by atoms with Gasteiger partial charge in [-0.1, -0.05) is 37.3 Å². The number of aliphatic hydroxyl groups is 1. The molecular weight excluding hydrogens is 226 g/mol. The normalized spacial score (nSPS) is 25.9. The third-order valence-electron chi connectivity index (χ3n) is 3.57. The molecule has 1 heterocycles. The van der Waals surface area contributed by atoms with E-state index in [9.17, 15) is 5.11 Å². The summed E-state index contributed by atoms with van der Waals surface area (Å²) in [6.45, 7) is 5.85. The van der Waals surface area contributed by atoms with Crippen LogP contribution in [0, 0.1) is 0 Å². The molecule has 0 radical (unpaired) electrons. The van der Waals surface area contributed by atoms with Gasteiger partial charge in [0, 0.05) is 19.7 Å². The number of nitrogens with zero attached hydrogens (tertiary/aromatic N) is 1. The van der Waals surface area contributed by atoms with Crippen LogP contribution in [0.3, 0.4) is 0 Å². The number of aliphatic hydroxyl groups excluding tert-OH is 1. The van der Waals surface area contributed by atoms with E-state index in [1.54, 1.807) is 0 Å². The van der Waals surface area contributed by atoms with E-state index in [1.807, 2.05) is 30.3 Å². The first-order valence-electron chi connectivity index (χ1n) is 6.83. The predicted molar refractivity (Wildman–Crippen MR) is 72.5 cm³/mol. The van der Waals surface area contributed by atoms with Gasteiger partial charge in [0.2, 0.25) is 0 Å². The minimum Gasteiger partial charge on any atom is -0.393 e. The Morgan fingerprint density at radius 3 is 2.78 bits per heavy atom. The number of benzene rings is 1. The maximum Gasteiger partial charge on any atom is 0.129 e. The van der Waals surface area contributed by atoms with Gasteiger partial charge in [-0.05, 0) is 24.9 Å².